The Kier molecular flexibility index (Phi) is 10.0. The summed E-state index contributed by atoms with van der Waals surface area (Å²) >= 11 is 6.87. The minimum Gasteiger partial charge on any atom is -0.487 e. The normalized spacial score (nSPS) is 23.1. The number of amides is 1. The van der Waals surface area contributed by atoms with E-state index in [-0.39, 0.29) is 6.54 Å². The predicted octanol–water partition coefficient (Wildman–Crippen LogP) is 6.51. The Morgan fingerprint density at radius 3 is 2.40 bits per heavy atom. The van der Waals surface area contributed by atoms with Crippen molar-refractivity contribution >= 4 is 23.7 Å². The number of halogens is 1. The van der Waals surface area contributed by atoms with Crippen LogP contribution in [0.5, 0.6) is 5.75 Å². The Balaban J connectivity index is 1.38. The van der Waals surface area contributed by atoms with Crippen molar-refractivity contribution in [2.45, 2.75) is 89.5 Å². The van der Waals surface area contributed by atoms with Gasteiger partial charge in [-0.3, -0.25) is 4.90 Å². The Bertz CT molecular complexity index is 1170. The first kappa shape index (κ1) is 30.2. The van der Waals surface area contributed by atoms with E-state index < -0.39 is 29.8 Å². The largest absolute Gasteiger partial charge is 0.487 e. The van der Waals surface area contributed by atoms with Crippen molar-refractivity contribution in [2.24, 2.45) is 5.92 Å². The van der Waals surface area contributed by atoms with Gasteiger partial charge in [0.1, 0.15) is 23.5 Å². The van der Waals surface area contributed by atoms with Crippen LogP contribution in [-0.2, 0) is 27.2 Å². The number of hydrogen-bond donors (Lipinski definition) is 1. The molecule has 2 aromatic carbocycles. The van der Waals surface area contributed by atoms with Gasteiger partial charge in [0.25, 0.3) is 0 Å². The number of methoxy groups -OCH3 is 1. The zero-order valence-corrected chi connectivity index (χ0v) is 25.1. The van der Waals surface area contributed by atoms with Crippen molar-refractivity contribution in [3.8, 4) is 5.75 Å². The molecule has 2 atom stereocenters. The summed E-state index contributed by atoms with van der Waals surface area (Å²) in [5.74, 6) is 1.26. The SMILES string of the molecule is CNCc1ccccc1[C@H]1CC[C@H](Cc2cccc(O[C@H]3C[C@@H](C(=O)OC)N(C(=O)OC(C)(C)C)C3)c2Cl)CC1. The molecule has 2 aliphatic rings. The van der Waals surface area contributed by atoms with Gasteiger partial charge < -0.3 is 19.5 Å². The van der Waals surface area contributed by atoms with Gasteiger partial charge in [0.15, 0.2) is 0 Å². The molecule has 0 bridgehead atoms. The highest BCUT2D eigenvalue weighted by molar-refractivity contribution is 6.32. The molecule has 1 saturated heterocycles. The molecule has 4 rings (SSSR count). The number of rotatable bonds is 8. The van der Waals surface area contributed by atoms with Crippen molar-refractivity contribution in [3.05, 3.63) is 64.2 Å². The molecule has 1 heterocycles. The van der Waals surface area contributed by atoms with Crippen molar-refractivity contribution in [2.75, 3.05) is 20.7 Å². The molecule has 7 nitrogen and oxygen atoms in total. The van der Waals surface area contributed by atoms with E-state index >= 15 is 0 Å². The molecule has 1 aliphatic carbocycles. The Morgan fingerprint density at radius 2 is 1.73 bits per heavy atom. The third kappa shape index (κ3) is 7.49. The number of nitrogens with zero attached hydrogens (tertiary/aromatic N) is 1. The van der Waals surface area contributed by atoms with E-state index in [0.717, 1.165) is 31.4 Å². The Labute approximate surface area is 243 Å². The zero-order valence-electron chi connectivity index (χ0n) is 24.4. The number of ether oxygens (including phenoxy) is 3. The average Bonchev–Trinajstić information content (AvgIpc) is 3.35. The predicted molar refractivity (Wildman–Crippen MR) is 157 cm³/mol. The fraction of sp³-hybridized carbons (Fsp3) is 0.562. The zero-order chi connectivity index (χ0) is 28.9. The van der Waals surface area contributed by atoms with E-state index in [4.69, 9.17) is 25.8 Å². The topological polar surface area (TPSA) is 77.1 Å². The Morgan fingerprint density at radius 1 is 1.02 bits per heavy atom. The minimum absolute atomic E-state index is 0.217. The second-order valence-corrected chi connectivity index (χ2v) is 12.4. The molecule has 218 valence electrons. The number of benzene rings is 2. The second kappa shape index (κ2) is 13.3. The first-order valence-corrected chi connectivity index (χ1v) is 14.7. The van der Waals surface area contributed by atoms with Gasteiger partial charge in [-0.15, -0.1) is 0 Å². The van der Waals surface area contributed by atoms with E-state index in [2.05, 4.69) is 35.6 Å². The molecule has 8 heteroatoms. The smallest absolute Gasteiger partial charge is 0.411 e. The first-order valence-electron chi connectivity index (χ1n) is 14.3. The highest BCUT2D eigenvalue weighted by Gasteiger charge is 2.43. The number of hydrogen-bond acceptors (Lipinski definition) is 6. The molecule has 1 amide bonds. The van der Waals surface area contributed by atoms with E-state index in [1.54, 1.807) is 20.8 Å². The van der Waals surface area contributed by atoms with Crippen LogP contribution in [0.25, 0.3) is 0 Å². The maximum absolute atomic E-state index is 12.8. The summed E-state index contributed by atoms with van der Waals surface area (Å²) in [6.45, 7) is 6.50. The molecule has 2 aromatic rings. The molecular formula is C32H43ClN2O5. The maximum atomic E-state index is 12.8. The van der Waals surface area contributed by atoms with Gasteiger partial charge in [-0.1, -0.05) is 48.0 Å². The van der Waals surface area contributed by atoms with Gasteiger partial charge in [-0.25, -0.2) is 9.59 Å². The molecule has 2 fully saturated rings. The van der Waals surface area contributed by atoms with Crippen LogP contribution in [0, 0.1) is 5.92 Å². The summed E-state index contributed by atoms with van der Waals surface area (Å²) in [6.07, 6.45) is 4.93. The van der Waals surface area contributed by atoms with Gasteiger partial charge >= 0.3 is 12.1 Å². The third-order valence-electron chi connectivity index (χ3n) is 7.92. The first-order chi connectivity index (χ1) is 19.1. The summed E-state index contributed by atoms with van der Waals surface area (Å²) in [5, 5.41) is 3.90. The molecule has 1 aliphatic heterocycles. The van der Waals surface area contributed by atoms with Crippen LogP contribution in [0.3, 0.4) is 0 Å². The average molecular weight is 571 g/mol. The number of nitrogens with one attached hydrogen (secondary N) is 1. The van der Waals surface area contributed by atoms with Crippen molar-refractivity contribution in [1.29, 1.82) is 0 Å². The van der Waals surface area contributed by atoms with Gasteiger partial charge in [0.2, 0.25) is 0 Å². The third-order valence-corrected chi connectivity index (χ3v) is 8.35. The number of likely N-dealkylation sites (tertiary alicyclic amines) is 1. The Hall–Kier alpha value is -2.77. The molecule has 1 saturated carbocycles. The van der Waals surface area contributed by atoms with E-state index in [1.807, 2.05) is 19.2 Å². The van der Waals surface area contributed by atoms with Crippen LogP contribution in [-0.4, -0.2) is 55.4 Å². The number of esters is 1. The van der Waals surface area contributed by atoms with Crippen LogP contribution in [0.15, 0.2) is 42.5 Å². The van der Waals surface area contributed by atoms with Crippen LogP contribution < -0.4 is 10.1 Å². The lowest BCUT2D eigenvalue weighted by molar-refractivity contribution is -0.145. The summed E-state index contributed by atoms with van der Waals surface area (Å²) < 4.78 is 16.8. The molecule has 1 N–H and O–H groups in total. The fourth-order valence-corrected chi connectivity index (χ4v) is 6.27. The lowest BCUT2D eigenvalue weighted by Gasteiger charge is -2.30. The lowest BCUT2D eigenvalue weighted by Crippen LogP contribution is -2.44. The molecule has 40 heavy (non-hydrogen) atoms. The highest BCUT2D eigenvalue weighted by Crippen LogP contribution is 2.40. The monoisotopic (exact) mass is 570 g/mol. The lowest BCUT2D eigenvalue weighted by atomic mass is 9.75. The summed E-state index contributed by atoms with van der Waals surface area (Å²) in [4.78, 5) is 26.6. The summed E-state index contributed by atoms with van der Waals surface area (Å²) in [5.41, 5.74) is 3.27. The highest BCUT2D eigenvalue weighted by atomic mass is 35.5. The van der Waals surface area contributed by atoms with Crippen molar-refractivity contribution < 1.29 is 23.8 Å². The molecule has 0 spiro atoms. The summed E-state index contributed by atoms with van der Waals surface area (Å²) in [6, 6.07) is 13.9. The quantitative estimate of drug-likeness (QED) is 0.365. The standard InChI is InChI=1S/C32H43ClN2O5/c1-32(2,3)40-31(37)35-20-25(18-27(35)30(36)38-5)39-28-12-8-10-23(29(28)33)17-21-13-15-22(16-14-21)26-11-7-6-9-24(26)19-34-4/h6-12,21-22,25,27,34H,13-20H2,1-5H3/t21-,22-,25-,27-/m0/s1. The fourth-order valence-electron chi connectivity index (χ4n) is 6.02. The van der Waals surface area contributed by atoms with Crippen LogP contribution in [0.4, 0.5) is 4.79 Å². The van der Waals surface area contributed by atoms with Gasteiger partial charge in [0.05, 0.1) is 18.7 Å². The van der Waals surface area contributed by atoms with Crippen molar-refractivity contribution in [1.82, 2.24) is 10.2 Å². The molecule has 0 radical (unpaired) electrons. The number of carbonyl (C=O) groups excluding carboxylic acids is 2. The van der Waals surface area contributed by atoms with E-state index in [0.29, 0.717) is 29.0 Å². The minimum atomic E-state index is -0.764. The summed E-state index contributed by atoms with van der Waals surface area (Å²) in [7, 11) is 3.31. The van der Waals surface area contributed by atoms with Crippen LogP contribution in [0.2, 0.25) is 5.02 Å². The van der Waals surface area contributed by atoms with Gasteiger partial charge in [-0.2, -0.15) is 0 Å². The van der Waals surface area contributed by atoms with Gasteiger partial charge in [-0.05, 0) is 94.5 Å². The van der Waals surface area contributed by atoms with E-state index in [1.165, 1.54) is 36.0 Å². The molecule has 0 unspecified atom stereocenters. The van der Waals surface area contributed by atoms with Gasteiger partial charge in [0, 0.05) is 13.0 Å². The number of carbonyl (C=O) groups is 2. The molecular weight excluding hydrogens is 528 g/mol. The maximum Gasteiger partial charge on any atom is 0.411 e. The van der Waals surface area contributed by atoms with Crippen molar-refractivity contribution in [3.63, 3.8) is 0 Å². The van der Waals surface area contributed by atoms with E-state index in [9.17, 15) is 9.59 Å². The van der Waals surface area contributed by atoms with Crippen LogP contribution in [0.1, 0.15) is 75.5 Å². The second-order valence-electron chi connectivity index (χ2n) is 12.0. The molecule has 0 aromatic heterocycles. The van der Waals surface area contributed by atoms with Crippen LogP contribution >= 0.6 is 11.6 Å².